The van der Waals surface area contributed by atoms with Crippen LogP contribution in [-0.4, -0.2) is 27.7 Å². The molecule has 0 bridgehead atoms. The number of benzene rings is 1. The van der Waals surface area contributed by atoms with Crippen molar-refractivity contribution >= 4 is 32.9 Å². The maximum Gasteiger partial charge on any atom is 0.154 e. The second kappa shape index (κ2) is 6.89. The Morgan fingerprint density at radius 3 is 2.71 bits per heavy atom. The van der Waals surface area contributed by atoms with E-state index in [1.807, 2.05) is 22.0 Å². The Hall–Kier alpha value is -2.40. The Labute approximate surface area is 169 Å². The van der Waals surface area contributed by atoms with E-state index >= 15 is 0 Å². The van der Waals surface area contributed by atoms with E-state index in [0.717, 1.165) is 23.1 Å². The zero-order valence-corrected chi connectivity index (χ0v) is 17.5. The van der Waals surface area contributed by atoms with Gasteiger partial charge in [-0.3, -0.25) is 0 Å². The van der Waals surface area contributed by atoms with Crippen LogP contribution in [0.5, 0.6) is 0 Å². The summed E-state index contributed by atoms with van der Waals surface area (Å²) in [6.45, 7) is 4.54. The highest BCUT2D eigenvalue weighted by molar-refractivity contribution is 7.22. The quantitative estimate of drug-likeness (QED) is 0.434. The number of anilines is 1. The van der Waals surface area contributed by atoms with E-state index < -0.39 is 0 Å². The fourth-order valence-corrected chi connectivity index (χ4v) is 5.50. The molecule has 1 aliphatic carbocycles. The molecule has 4 nitrogen and oxygen atoms in total. The highest BCUT2D eigenvalue weighted by atomic mass is 32.1. The molecule has 3 aromatic heterocycles. The summed E-state index contributed by atoms with van der Waals surface area (Å²) in [5.74, 6) is 1.89. The number of aryl methyl sites for hydroxylation is 1. The Kier molecular flexibility index (Phi) is 4.35. The molecule has 5 rings (SSSR count). The molecule has 144 valence electrons. The van der Waals surface area contributed by atoms with Crippen LogP contribution in [0.4, 0.5) is 5.82 Å². The van der Waals surface area contributed by atoms with Crippen molar-refractivity contribution < 1.29 is 0 Å². The molecule has 0 atom stereocenters. The van der Waals surface area contributed by atoms with E-state index in [-0.39, 0.29) is 0 Å². The largest absolute Gasteiger partial charge is 0.355 e. The van der Waals surface area contributed by atoms with Gasteiger partial charge >= 0.3 is 0 Å². The number of hydrogen-bond acceptors (Lipinski definition) is 4. The van der Waals surface area contributed by atoms with Gasteiger partial charge in [-0.15, -0.1) is 16.4 Å². The third-order valence-corrected chi connectivity index (χ3v) is 7.54. The van der Waals surface area contributed by atoms with Crippen LogP contribution in [0.1, 0.15) is 38.2 Å². The third-order valence-electron chi connectivity index (χ3n) is 6.24. The Morgan fingerprint density at radius 1 is 1.11 bits per heavy atom. The van der Waals surface area contributed by atoms with E-state index in [4.69, 9.17) is 5.10 Å². The third kappa shape index (κ3) is 2.98. The Morgan fingerprint density at radius 2 is 1.93 bits per heavy atom. The van der Waals surface area contributed by atoms with Crippen LogP contribution >= 0.6 is 11.3 Å². The Bertz CT molecular complexity index is 1130. The molecular formula is C23H26N4S. The molecule has 1 fully saturated rings. The number of hydrogen-bond donors (Lipinski definition) is 0. The topological polar surface area (TPSA) is 33.4 Å². The summed E-state index contributed by atoms with van der Waals surface area (Å²) in [6, 6.07) is 13.5. The molecule has 1 aliphatic rings. The molecule has 5 heteroatoms. The van der Waals surface area contributed by atoms with Crippen LogP contribution in [0.3, 0.4) is 0 Å². The second-order valence-corrected chi connectivity index (χ2v) is 9.29. The molecule has 3 heterocycles. The number of fused-ring (bicyclic) bond motifs is 2. The molecule has 0 saturated heterocycles. The van der Waals surface area contributed by atoms with Crippen molar-refractivity contribution in [1.82, 2.24) is 14.6 Å². The standard InChI is InChI=1S/C23H26N4S/c1-15-7-9-18(10-8-15)26(3)22-12-11-21-24-14-19(27(21)25-22)20-13-17-6-4-5-16(2)23(17)28-20/h4-6,11-15,18H,7-10H2,1-3H3. The van der Waals surface area contributed by atoms with Crippen molar-refractivity contribution in [2.75, 3.05) is 11.9 Å². The first kappa shape index (κ1) is 17.7. The predicted molar refractivity (Wildman–Crippen MR) is 118 cm³/mol. The van der Waals surface area contributed by atoms with Crippen LogP contribution in [0.2, 0.25) is 0 Å². The van der Waals surface area contributed by atoms with Gasteiger partial charge in [0.2, 0.25) is 0 Å². The zero-order valence-electron chi connectivity index (χ0n) is 16.7. The molecule has 1 saturated carbocycles. The maximum absolute atomic E-state index is 4.99. The van der Waals surface area contributed by atoms with Crippen molar-refractivity contribution in [3.63, 3.8) is 0 Å². The molecule has 1 aromatic carbocycles. The van der Waals surface area contributed by atoms with Crippen molar-refractivity contribution in [2.24, 2.45) is 5.92 Å². The number of rotatable bonds is 3. The van der Waals surface area contributed by atoms with Crippen molar-refractivity contribution in [1.29, 1.82) is 0 Å². The minimum atomic E-state index is 0.583. The van der Waals surface area contributed by atoms with E-state index in [2.05, 4.69) is 67.2 Å². The predicted octanol–water partition coefficient (Wildman–Crippen LogP) is 5.93. The normalized spacial score (nSPS) is 20.1. The lowest BCUT2D eigenvalue weighted by Crippen LogP contribution is -2.35. The molecule has 0 N–H and O–H groups in total. The fraction of sp³-hybridized carbons (Fsp3) is 0.391. The summed E-state index contributed by atoms with van der Waals surface area (Å²) in [4.78, 5) is 8.18. The first-order chi connectivity index (χ1) is 13.6. The lowest BCUT2D eigenvalue weighted by Gasteiger charge is -2.34. The van der Waals surface area contributed by atoms with Gasteiger partial charge in [0, 0.05) is 17.8 Å². The van der Waals surface area contributed by atoms with Gasteiger partial charge < -0.3 is 4.90 Å². The van der Waals surface area contributed by atoms with E-state index in [0.29, 0.717) is 6.04 Å². The van der Waals surface area contributed by atoms with Gasteiger partial charge in [0.25, 0.3) is 0 Å². The highest BCUT2D eigenvalue weighted by Gasteiger charge is 2.23. The molecule has 28 heavy (non-hydrogen) atoms. The summed E-state index contributed by atoms with van der Waals surface area (Å²) in [6.07, 6.45) is 7.09. The fourth-order valence-electron chi connectivity index (χ4n) is 4.37. The molecule has 0 unspecified atom stereocenters. The first-order valence-electron chi connectivity index (χ1n) is 10.2. The molecule has 4 aromatic rings. The van der Waals surface area contributed by atoms with Crippen molar-refractivity contribution in [3.05, 3.63) is 48.2 Å². The summed E-state index contributed by atoms with van der Waals surface area (Å²) in [5.41, 5.74) is 3.30. The van der Waals surface area contributed by atoms with Crippen LogP contribution in [0.25, 0.3) is 26.3 Å². The van der Waals surface area contributed by atoms with Crippen LogP contribution < -0.4 is 4.90 Å². The summed E-state index contributed by atoms with van der Waals surface area (Å²) >= 11 is 1.82. The van der Waals surface area contributed by atoms with Crippen LogP contribution in [0, 0.1) is 12.8 Å². The van der Waals surface area contributed by atoms with Crippen LogP contribution in [-0.2, 0) is 0 Å². The van der Waals surface area contributed by atoms with Gasteiger partial charge in [-0.2, -0.15) is 0 Å². The molecule has 0 aliphatic heterocycles. The average Bonchev–Trinajstić information content (AvgIpc) is 3.32. The highest BCUT2D eigenvalue weighted by Crippen LogP contribution is 2.35. The summed E-state index contributed by atoms with van der Waals surface area (Å²) < 4.78 is 3.36. The van der Waals surface area contributed by atoms with Gasteiger partial charge in [0.05, 0.1) is 11.1 Å². The molecular weight excluding hydrogens is 364 g/mol. The number of imidazole rings is 1. The summed E-state index contributed by atoms with van der Waals surface area (Å²) in [7, 11) is 2.19. The minimum absolute atomic E-state index is 0.583. The molecule has 0 radical (unpaired) electrons. The lowest BCUT2D eigenvalue weighted by molar-refractivity contribution is 0.339. The van der Waals surface area contributed by atoms with Gasteiger partial charge in [-0.1, -0.05) is 25.1 Å². The SMILES string of the molecule is Cc1cccc2cc(-c3cnc4ccc(N(C)C5CCC(C)CC5)nn34)sc12. The second-order valence-electron chi connectivity index (χ2n) is 8.23. The molecule has 0 amide bonds. The number of aromatic nitrogens is 3. The van der Waals surface area contributed by atoms with Gasteiger partial charge in [0.15, 0.2) is 5.65 Å². The summed E-state index contributed by atoms with van der Waals surface area (Å²) in [5, 5.41) is 6.28. The van der Waals surface area contributed by atoms with E-state index in [1.54, 1.807) is 0 Å². The van der Waals surface area contributed by atoms with Gasteiger partial charge in [0.1, 0.15) is 11.5 Å². The Balaban J connectivity index is 1.53. The monoisotopic (exact) mass is 390 g/mol. The molecule has 0 spiro atoms. The van der Waals surface area contributed by atoms with Gasteiger partial charge in [-0.25, -0.2) is 9.50 Å². The van der Waals surface area contributed by atoms with E-state index in [9.17, 15) is 0 Å². The number of thiophene rings is 1. The maximum atomic E-state index is 4.99. The van der Waals surface area contributed by atoms with Gasteiger partial charge in [-0.05, 0) is 67.7 Å². The minimum Gasteiger partial charge on any atom is -0.355 e. The van der Waals surface area contributed by atoms with Crippen molar-refractivity contribution in [3.8, 4) is 10.6 Å². The average molecular weight is 391 g/mol. The smallest absolute Gasteiger partial charge is 0.154 e. The zero-order chi connectivity index (χ0) is 19.3. The number of nitrogens with zero attached hydrogens (tertiary/aromatic N) is 4. The van der Waals surface area contributed by atoms with Crippen molar-refractivity contribution in [2.45, 2.75) is 45.6 Å². The first-order valence-corrected chi connectivity index (χ1v) is 11.0. The lowest BCUT2D eigenvalue weighted by atomic mass is 9.87. The van der Waals surface area contributed by atoms with Crippen LogP contribution in [0.15, 0.2) is 42.6 Å². The van der Waals surface area contributed by atoms with E-state index in [1.165, 1.54) is 46.2 Å².